The number of para-hydroxylation sites is 2. The molecular formula is C40H41Cl5N8O4. The molecule has 2 saturated heterocycles. The van der Waals surface area contributed by atoms with Crippen molar-refractivity contribution >= 4 is 103 Å². The number of fused-ring (bicyclic) bond motifs is 2. The second-order valence-corrected chi connectivity index (χ2v) is 14.8. The highest BCUT2D eigenvalue weighted by molar-refractivity contribution is 6.34. The number of alkyl halides is 1. The van der Waals surface area contributed by atoms with Crippen LogP contribution in [0.5, 0.6) is 11.5 Å². The van der Waals surface area contributed by atoms with Crippen molar-refractivity contribution in [3.8, 4) is 11.5 Å². The zero-order valence-corrected chi connectivity index (χ0v) is 35.1. The molecule has 17 heteroatoms. The molecule has 2 fully saturated rings. The lowest BCUT2D eigenvalue weighted by Gasteiger charge is -2.36. The summed E-state index contributed by atoms with van der Waals surface area (Å²) in [6.45, 7) is 5.93. The molecule has 300 valence electrons. The number of aromatic nitrogens is 4. The molecule has 0 saturated carbocycles. The van der Waals surface area contributed by atoms with Crippen molar-refractivity contribution in [3.05, 3.63) is 105 Å². The number of halogens is 5. The lowest BCUT2D eigenvalue weighted by atomic mass is 10.2. The van der Waals surface area contributed by atoms with Gasteiger partial charge in [-0.3, -0.25) is 19.4 Å². The third-order valence-electron chi connectivity index (χ3n) is 9.69. The third-order valence-corrected chi connectivity index (χ3v) is 11.1. The molecule has 0 radical (unpaired) electrons. The number of ether oxygens (including phenoxy) is 2. The summed E-state index contributed by atoms with van der Waals surface area (Å²) in [5.74, 6) is 1.40. The van der Waals surface area contributed by atoms with Gasteiger partial charge in [0.1, 0.15) is 29.1 Å². The molecule has 12 nitrogen and oxygen atoms in total. The van der Waals surface area contributed by atoms with Crippen LogP contribution in [0.2, 0.25) is 20.4 Å². The topological polar surface area (TPSA) is 112 Å². The monoisotopic (exact) mass is 872 g/mol. The van der Waals surface area contributed by atoms with Gasteiger partial charge in [0.15, 0.2) is 5.15 Å². The number of carbonyl (C=O) groups excluding carboxylic acids is 2. The van der Waals surface area contributed by atoms with E-state index in [1.165, 1.54) is 0 Å². The first-order valence-corrected chi connectivity index (χ1v) is 20.1. The number of nitrogens with zero attached hydrogens (tertiary/aromatic N) is 7. The van der Waals surface area contributed by atoms with E-state index in [1.807, 2.05) is 89.8 Å². The van der Waals surface area contributed by atoms with Crippen LogP contribution in [-0.2, 0) is 16.1 Å². The molecule has 57 heavy (non-hydrogen) atoms. The highest BCUT2D eigenvalue weighted by Gasteiger charge is 2.24. The van der Waals surface area contributed by atoms with Gasteiger partial charge in [-0.2, -0.15) is 10.2 Å². The van der Waals surface area contributed by atoms with Crippen LogP contribution >= 0.6 is 58.0 Å². The number of hydrogen-bond donors (Lipinski definition) is 1. The van der Waals surface area contributed by atoms with Crippen molar-refractivity contribution in [2.75, 3.05) is 82.3 Å². The Kier molecular flexibility index (Phi) is 14.5. The number of anilines is 2. The van der Waals surface area contributed by atoms with Crippen molar-refractivity contribution in [2.45, 2.75) is 6.54 Å². The Labute approximate surface area is 355 Å². The molecule has 2 aliphatic heterocycles. The van der Waals surface area contributed by atoms with E-state index < -0.39 is 0 Å². The molecule has 2 amide bonds. The van der Waals surface area contributed by atoms with Crippen LogP contribution in [-0.4, -0.2) is 114 Å². The number of aromatic amines is 1. The summed E-state index contributed by atoms with van der Waals surface area (Å²) >= 11 is 29.6. The van der Waals surface area contributed by atoms with E-state index in [4.69, 9.17) is 67.5 Å². The van der Waals surface area contributed by atoms with Crippen LogP contribution in [0.3, 0.4) is 0 Å². The van der Waals surface area contributed by atoms with Crippen LogP contribution in [0.15, 0.2) is 84.9 Å². The first-order chi connectivity index (χ1) is 27.6. The van der Waals surface area contributed by atoms with E-state index in [2.05, 4.69) is 25.1 Å². The molecule has 0 bridgehead atoms. The maximum atomic E-state index is 12.8. The Morgan fingerprint density at radius 2 is 1.18 bits per heavy atom. The minimum Gasteiger partial charge on any atom is -0.495 e. The lowest BCUT2D eigenvalue weighted by molar-refractivity contribution is -0.132. The largest absolute Gasteiger partial charge is 0.495 e. The molecule has 4 aromatic carbocycles. The highest BCUT2D eigenvalue weighted by atomic mass is 35.5. The number of benzene rings is 4. The predicted octanol–water partition coefficient (Wildman–Crippen LogP) is 8.15. The second-order valence-electron chi connectivity index (χ2n) is 13.0. The quantitative estimate of drug-likeness (QED) is 0.160. The van der Waals surface area contributed by atoms with E-state index in [-0.39, 0.29) is 24.2 Å². The van der Waals surface area contributed by atoms with Crippen molar-refractivity contribution in [2.24, 2.45) is 0 Å². The normalized spacial score (nSPS) is 14.2. The van der Waals surface area contributed by atoms with Gasteiger partial charge in [0, 0.05) is 86.6 Å². The summed E-state index contributed by atoms with van der Waals surface area (Å²) in [7, 11) is 3.20. The van der Waals surface area contributed by atoms with Gasteiger partial charge < -0.3 is 29.1 Å². The molecule has 0 spiro atoms. The van der Waals surface area contributed by atoms with Gasteiger partial charge in [0.2, 0.25) is 11.8 Å². The molecule has 8 rings (SSSR count). The summed E-state index contributed by atoms with van der Waals surface area (Å²) in [5, 5.41) is 15.0. The van der Waals surface area contributed by atoms with Crippen LogP contribution < -0.4 is 19.3 Å². The van der Waals surface area contributed by atoms with Crippen molar-refractivity contribution in [1.29, 1.82) is 0 Å². The Bertz CT molecular complexity index is 2300. The average Bonchev–Trinajstić information content (AvgIpc) is 3.79. The summed E-state index contributed by atoms with van der Waals surface area (Å²) in [5.41, 5.74) is 3.87. The smallest absolute Gasteiger partial charge is 0.244 e. The molecular weight excluding hydrogens is 834 g/mol. The van der Waals surface area contributed by atoms with Crippen molar-refractivity contribution in [1.82, 2.24) is 29.8 Å². The molecule has 2 aromatic heterocycles. The molecule has 0 unspecified atom stereocenters. The number of carbonyl (C=O) groups is 2. The molecule has 4 heterocycles. The van der Waals surface area contributed by atoms with Crippen molar-refractivity contribution < 1.29 is 19.1 Å². The van der Waals surface area contributed by atoms with E-state index in [1.54, 1.807) is 23.8 Å². The fourth-order valence-electron chi connectivity index (χ4n) is 6.56. The molecule has 0 atom stereocenters. The van der Waals surface area contributed by atoms with Gasteiger partial charge in [0.25, 0.3) is 0 Å². The molecule has 1 N–H and O–H groups in total. The summed E-state index contributed by atoms with van der Waals surface area (Å²) in [4.78, 5) is 32.4. The molecule has 0 aliphatic carbocycles. The maximum Gasteiger partial charge on any atom is 0.244 e. The predicted molar refractivity (Wildman–Crippen MR) is 230 cm³/mol. The van der Waals surface area contributed by atoms with Gasteiger partial charge >= 0.3 is 0 Å². The number of piperazine rings is 2. The van der Waals surface area contributed by atoms with Gasteiger partial charge in [0.05, 0.1) is 35.3 Å². The number of H-pyrrole nitrogens is 1. The molecule has 6 aromatic rings. The van der Waals surface area contributed by atoms with E-state index in [9.17, 15) is 9.59 Å². The van der Waals surface area contributed by atoms with E-state index in [0.717, 1.165) is 59.4 Å². The Hall–Kier alpha value is -4.59. The number of amides is 2. The summed E-state index contributed by atoms with van der Waals surface area (Å²) < 4.78 is 12.2. The van der Waals surface area contributed by atoms with Gasteiger partial charge in [-0.15, -0.1) is 11.6 Å². The maximum absolute atomic E-state index is 12.8. The Morgan fingerprint density at radius 3 is 1.70 bits per heavy atom. The third kappa shape index (κ3) is 10.3. The van der Waals surface area contributed by atoms with Crippen molar-refractivity contribution in [3.63, 3.8) is 0 Å². The van der Waals surface area contributed by atoms with Crippen LogP contribution in [0.1, 0.15) is 0 Å². The Morgan fingerprint density at radius 1 is 0.667 bits per heavy atom. The lowest BCUT2D eigenvalue weighted by Crippen LogP contribution is -2.49. The van der Waals surface area contributed by atoms with Gasteiger partial charge in [-0.1, -0.05) is 70.7 Å². The number of rotatable bonds is 7. The van der Waals surface area contributed by atoms with Crippen LogP contribution in [0.25, 0.3) is 21.8 Å². The van der Waals surface area contributed by atoms with E-state index in [0.29, 0.717) is 58.0 Å². The zero-order valence-electron chi connectivity index (χ0n) is 31.3. The fraction of sp³-hybridized carbons (Fsp3) is 0.300. The standard InChI is InChI=1S/C20H20Cl2N4O2.C13H16Cl2N2O2.C7H5ClN2/c1-28-18-12-14(6-7-16(18)21)24-8-10-25(11-9-24)19(27)13-26-17-5-3-2-4-15(17)20(22)23-26;1-19-12-8-10(2-3-11(12)15)16-4-6-17(7-5-16)13(18)9-14;8-7-5-3-1-2-4-6(5)9-10-7/h2-7,12H,8-11,13H2,1H3;2-3,8H,4-7,9H2,1H3;1-4H,(H,9,10). The van der Waals surface area contributed by atoms with Crippen LogP contribution in [0.4, 0.5) is 11.4 Å². The number of hydrogen-bond acceptors (Lipinski definition) is 8. The van der Waals surface area contributed by atoms with Gasteiger partial charge in [-0.05, 0) is 48.5 Å². The minimum absolute atomic E-state index is 0.00463. The van der Waals surface area contributed by atoms with Gasteiger partial charge in [-0.25, -0.2) is 0 Å². The summed E-state index contributed by atoms with van der Waals surface area (Å²) in [6.07, 6.45) is 0. The zero-order chi connectivity index (χ0) is 40.5. The van der Waals surface area contributed by atoms with Crippen LogP contribution in [0, 0.1) is 0 Å². The molecule has 2 aliphatic rings. The number of methoxy groups -OCH3 is 2. The first kappa shape index (κ1) is 42.0. The average molecular weight is 875 g/mol. The summed E-state index contributed by atoms with van der Waals surface area (Å²) in [6, 6.07) is 26.8. The first-order valence-electron chi connectivity index (χ1n) is 18.1. The Balaban J connectivity index is 0.000000162. The SMILES string of the molecule is COc1cc(N2CCN(C(=O)CCl)CC2)ccc1Cl.COc1cc(N2CCN(C(=O)Cn3nc(Cl)c4ccccc43)CC2)ccc1Cl.Clc1[nH]nc2ccccc12. The second kappa shape index (κ2) is 19.7. The fourth-order valence-corrected chi connectivity index (χ4v) is 7.58. The highest BCUT2D eigenvalue weighted by Crippen LogP contribution is 2.31. The minimum atomic E-state index is -0.00463. The van der Waals surface area contributed by atoms with E-state index >= 15 is 0 Å². The number of nitrogens with one attached hydrogen (secondary N) is 1.